The molecule has 1 saturated heterocycles. The number of carbonyl (C=O) groups excluding carboxylic acids is 3. The van der Waals surface area contributed by atoms with Gasteiger partial charge in [0.25, 0.3) is 0 Å². The summed E-state index contributed by atoms with van der Waals surface area (Å²) in [5.41, 5.74) is 1.32. The number of halogens is 1. The summed E-state index contributed by atoms with van der Waals surface area (Å²) in [5.74, 6) is -1.52. The van der Waals surface area contributed by atoms with Gasteiger partial charge < -0.3 is 15.5 Å². The molecule has 7 nitrogen and oxygen atoms in total. The number of anilines is 1. The van der Waals surface area contributed by atoms with Crippen LogP contribution >= 0.6 is 0 Å². The van der Waals surface area contributed by atoms with Gasteiger partial charge in [-0.2, -0.15) is 0 Å². The van der Waals surface area contributed by atoms with Crippen LogP contribution in [-0.2, 0) is 20.9 Å². The summed E-state index contributed by atoms with van der Waals surface area (Å²) in [6.07, 6.45) is 1.88. The maximum absolute atomic E-state index is 13.0. The zero-order valence-electron chi connectivity index (χ0n) is 15.2. The van der Waals surface area contributed by atoms with Crippen molar-refractivity contribution in [1.29, 1.82) is 0 Å². The number of aromatic nitrogens is 1. The lowest BCUT2D eigenvalue weighted by atomic mass is 10.1. The fourth-order valence-electron chi connectivity index (χ4n) is 2.98. The minimum absolute atomic E-state index is 0.0923. The van der Waals surface area contributed by atoms with Gasteiger partial charge in [0.2, 0.25) is 17.7 Å². The molecule has 146 valence electrons. The molecule has 2 aromatic rings. The number of nitrogens with one attached hydrogen (secondary N) is 2. The van der Waals surface area contributed by atoms with E-state index in [1.807, 2.05) is 12.1 Å². The second kappa shape index (κ2) is 9.07. The Morgan fingerprint density at radius 2 is 1.93 bits per heavy atom. The van der Waals surface area contributed by atoms with Crippen LogP contribution in [0.3, 0.4) is 0 Å². The van der Waals surface area contributed by atoms with Crippen LogP contribution in [0.5, 0.6) is 0 Å². The second-order valence-corrected chi connectivity index (χ2v) is 6.52. The number of rotatable bonds is 7. The highest BCUT2D eigenvalue weighted by Gasteiger charge is 2.34. The van der Waals surface area contributed by atoms with E-state index < -0.39 is 5.92 Å². The van der Waals surface area contributed by atoms with Crippen molar-refractivity contribution in [2.75, 3.05) is 18.0 Å². The highest BCUT2D eigenvalue weighted by molar-refractivity contribution is 6.00. The van der Waals surface area contributed by atoms with Crippen LogP contribution in [0.1, 0.15) is 18.5 Å². The number of amides is 3. The zero-order chi connectivity index (χ0) is 19.9. The van der Waals surface area contributed by atoms with E-state index in [1.165, 1.54) is 29.2 Å². The number of nitrogens with zero attached hydrogens (tertiary/aromatic N) is 2. The van der Waals surface area contributed by atoms with Crippen molar-refractivity contribution in [3.8, 4) is 0 Å². The lowest BCUT2D eigenvalue weighted by Crippen LogP contribution is -2.35. The summed E-state index contributed by atoms with van der Waals surface area (Å²) in [5, 5.41) is 5.44. The van der Waals surface area contributed by atoms with Crippen molar-refractivity contribution in [3.05, 3.63) is 60.2 Å². The van der Waals surface area contributed by atoms with Crippen LogP contribution in [0.4, 0.5) is 10.1 Å². The average Bonchev–Trinajstić information content (AvgIpc) is 3.09. The Bertz CT molecular complexity index is 842. The SMILES string of the molecule is O=C(CCNC(=O)C1CC(=O)N(c2ccc(F)cc2)C1)NCc1ccccn1. The molecule has 0 aliphatic carbocycles. The Balaban J connectivity index is 1.41. The van der Waals surface area contributed by atoms with E-state index in [9.17, 15) is 18.8 Å². The predicted octanol–water partition coefficient (Wildman–Crippen LogP) is 1.40. The third-order valence-corrected chi connectivity index (χ3v) is 4.48. The van der Waals surface area contributed by atoms with Gasteiger partial charge in [0.1, 0.15) is 5.82 Å². The Morgan fingerprint density at radius 3 is 2.64 bits per heavy atom. The monoisotopic (exact) mass is 384 g/mol. The molecule has 28 heavy (non-hydrogen) atoms. The van der Waals surface area contributed by atoms with Gasteiger partial charge in [0, 0.05) is 37.8 Å². The molecule has 1 aromatic heterocycles. The van der Waals surface area contributed by atoms with Gasteiger partial charge in [-0.15, -0.1) is 0 Å². The first-order chi connectivity index (χ1) is 13.5. The number of carbonyl (C=O) groups is 3. The first-order valence-electron chi connectivity index (χ1n) is 9.03. The standard InChI is InChI=1S/C20H21FN4O3/c21-15-4-6-17(7-5-15)25-13-14(11-19(25)27)20(28)23-10-8-18(26)24-12-16-3-1-2-9-22-16/h1-7,9,14H,8,10-13H2,(H,23,28)(H,24,26). The smallest absolute Gasteiger partial charge is 0.227 e. The number of pyridine rings is 1. The molecule has 3 rings (SSSR count). The highest BCUT2D eigenvalue weighted by atomic mass is 19.1. The molecule has 2 heterocycles. The topological polar surface area (TPSA) is 91.4 Å². The molecule has 1 fully saturated rings. The van der Waals surface area contributed by atoms with Gasteiger partial charge in [-0.3, -0.25) is 19.4 Å². The highest BCUT2D eigenvalue weighted by Crippen LogP contribution is 2.25. The van der Waals surface area contributed by atoms with Gasteiger partial charge in [-0.25, -0.2) is 4.39 Å². The lowest BCUT2D eigenvalue weighted by Gasteiger charge is -2.16. The third kappa shape index (κ3) is 5.12. The van der Waals surface area contributed by atoms with E-state index >= 15 is 0 Å². The number of hydrogen-bond donors (Lipinski definition) is 2. The van der Waals surface area contributed by atoms with Crippen LogP contribution in [0.15, 0.2) is 48.7 Å². The molecular formula is C20H21FN4O3. The van der Waals surface area contributed by atoms with E-state index in [0.717, 1.165) is 5.69 Å². The molecule has 1 aromatic carbocycles. The fourth-order valence-corrected chi connectivity index (χ4v) is 2.98. The van der Waals surface area contributed by atoms with E-state index in [0.29, 0.717) is 12.2 Å². The Kier molecular flexibility index (Phi) is 6.31. The molecule has 3 amide bonds. The first-order valence-corrected chi connectivity index (χ1v) is 9.03. The maximum Gasteiger partial charge on any atom is 0.227 e. The quantitative estimate of drug-likeness (QED) is 0.755. The summed E-state index contributed by atoms with van der Waals surface area (Å²) in [4.78, 5) is 41.9. The second-order valence-electron chi connectivity index (χ2n) is 6.52. The van der Waals surface area contributed by atoms with E-state index in [-0.39, 0.29) is 49.5 Å². The number of benzene rings is 1. The molecule has 8 heteroatoms. The van der Waals surface area contributed by atoms with Gasteiger partial charge in [-0.05, 0) is 36.4 Å². The lowest BCUT2D eigenvalue weighted by molar-refractivity contribution is -0.126. The predicted molar refractivity (Wildman–Crippen MR) is 101 cm³/mol. The summed E-state index contributed by atoms with van der Waals surface area (Å²) >= 11 is 0. The fraction of sp³-hybridized carbons (Fsp3) is 0.300. The minimum atomic E-state index is -0.492. The van der Waals surface area contributed by atoms with E-state index in [4.69, 9.17) is 0 Å². The Hall–Kier alpha value is -3.29. The van der Waals surface area contributed by atoms with Crippen LogP contribution < -0.4 is 15.5 Å². The summed E-state index contributed by atoms with van der Waals surface area (Å²) < 4.78 is 13.0. The third-order valence-electron chi connectivity index (χ3n) is 4.48. The number of hydrogen-bond acceptors (Lipinski definition) is 4. The van der Waals surface area contributed by atoms with Crippen molar-refractivity contribution in [2.24, 2.45) is 5.92 Å². The normalized spacial score (nSPS) is 16.1. The molecule has 1 aliphatic heterocycles. The molecule has 0 radical (unpaired) electrons. The molecule has 2 N–H and O–H groups in total. The van der Waals surface area contributed by atoms with Crippen molar-refractivity contribution >= 4 is 23.4 Å². The molecule has 1 aliphatic rings. The van der Waals surface area contributed by atoms with Crippen molar-refractivity contribution in [2.45, 2.75) is 19.4 Å². The maximum atomic E-state index is 13.0. The Labute approximate surface area is 161 Å². The Morgan fingerprint density at radius 1 is 1.14 bits per heavy atom. The molecule has 0 bridgehead atoms. The van der Waals surface area contributed by atoms with Gasteiger partial charge in [0.05, 0.1) is 18.2 Å². The van der Waals surface area contributed by atoms with Gasteiger partial charge >= 0.3 is 0 Å². The van der Waals surface area contributed by atoms with Crippen molar-refractivity contribution in [1.82, 2.24) is 15.6 Å². The van der Waals surface area contributed by atoms with Crippen LogP contribution in [0.2, 0.25) is 0 Å². The van der Waals surface area contributed by atoms with Crippen molar-refractivity contribution in [3.63, 3.8) is 0 Å². The van der Waals surface area contributed by atoms with Crippen LogP contribution in [0.25, 0.3) is 0 Å². The van der Waals surface area contributed by atoms with Gasteiger partial charge in [0.15, 0.2) is 0 Å². The molecule has 0 saturated carbocycles. The van der Waals surface area contributed by atoms with Crippen molar-refractivity contribution < 1.29 is 18.8 Å². The first kappa shape index (κ1) is 19.5. The van der Waals surface area contributed by atoms with Gasteiger partial charge in [-0.1, -0.05) is 6.07 Å². The molecule has 1 unspecified atom stereocenters. The van der Waals surface area contributed by atoms with E-state index in [2.05, 4.69) is 15.6 Å². The zero-order valence-corrected chi connectivity index (χ0v) is 15.2. The molecule has 1 atom stereocenters. The average molecular weight is 384 g/mol. The summed E-state index contributed by atoms with van der Waals surface area (Å²) in [7, 11) is 0. The van der Waals surface area contributed by atoms with Crippen LogP contribution in [0, 0.1) is 11.7 Å². The van der Waals surface area contributed by atoms with E-state index in [1.54, 1.807) is 12.3 Å². The summed E-state index contributed by atoms with van der Waals surface area (Å²) in [6, 6.07) is 11.0. The summed E-state index contributed by atoms with van der Waals surface area (Å²) in [6.45, 7) is 0.758. The van der Waals surface area contributed by atoms with Crippen LogP contribution in [-0.4, -0.2) is 35.8 Å². The molecule has 0 spiro atoms. The largest absolute Gasteiger partial charge is 0.355 e. The minimum Gasteiger partial charge on any atom is -0.355 e. The molecular weight excluding hydrogens is 363 g/mol.